The van der Waals surface area contributed by atoms with Crippen LogP contribution in [0.5, 0.6) is 11.5 Å². The first kappa shape index (κ1) is 24.0. The van der Waals surface area contributed by atoms with Crippen LogP contribution in [0.1, 0.15) is 42.7 Å². The second kappa shape index (κ2) is 10.1. The van der Waals surface area contributed by atoms with Gasteiger partial charge in [-0.25, -0.2) is 0 Å². The molecule has 1 saturated heterocycles. The molecule has 35 heavy (non-hydrogen) atoms. The zero-order valence-electron chi connectivity index (χ0n) is 21.6. The molecule has 0 bridgehead atoms. The van der Waals surface area contributed by atoms with E-state index in [0.29, 0.717) is 24.0 Å². The van der Waals surface area contributed by atoms with Crippen LogP contribution in [0.25, 0.3) is 17.0 Å². The molecule has 0 spiro atoms. The van der Waals surface area contributed by atoms with Crippen molar-refractivity contribution in [3.8, 4) is 22.8 Å². The van der Waals surface area contributed by atoms with Gasteiger partial charge in [0.05, 0.1) is 32.1 Å². The summed E-state index contributed by atoms with van der Waals surface area (Å²) < 4.78 is 30.9. The maximum absolute atomic E-state index is 6.45. The highest BCUT2D eigenvalue weighted by Crippen LogP contribution is 2.44. The number of benzene rings is 1. The van der Waals surface area contributed by atoms with Crippen molar-refractivity contribution in [3.63, 3.8) is 0 Å². The average molecular weight is 484 g/mol. The lowest BCUT2D eigenvalue weighted by atomic mass is 9.99. The van der Waals surface area contributed by atoms with Crippen LogP contribution in [0.3, 0.4) is 0 Å². The molecule has 5 rings (SSSR count). The molecule has 0 N–H and O–H groups in total. The molecule has 0 unspecified atom stereocenters. The maximum atomic E-state index is 6.45. The van der Waals surface area contributed by atoms with Crippen molar-refractivity contribution in [3.05, 3.63) is 29.2 Å². The Kier molecular flexibility index (Phi) is 6.93. The Morgan fingerprint density at radius 1 is 0.971 bits per heavy atom. The van der Waals surface area contributed by atoms with E-state index < -0.39 is 0 Å². The third kappa shape index (κ3) is 4.74. The summed E-state index contributed by atoms with van der Waals surface area (Å²) in [6.45, 7) is 8.30. The summed E-state index contributed by atoms with van der Waals surface area (Å²) in [5, 5.41) is 4.98. The molecule has 190 valence electrons. The molecular formula is C27H37N3O5. The normalized spacial score (nSPS) is 16.7. The van der Waals surface area contributed by atoms with Gasteiger partial charge in [-0.1, -0.05) is 0 Å². The summed E-state index contributed by atoms with van der Waals surface area (Å²) in [4.78, 5) is 2.52. The van der Waals surface area contributed by atoms with Crippen molar-refractivity contribution in [1.82, 2.24) is 9.61 Å². The first-order valence-electron chi connectivity index (χ1n) is 12.6. The fourth-order valence-corrected chi connectivity index (χ4v) is 5.29. The molecule has 2 fully saturated rings. The molecule has 1 saturated carbocycles. The minimum atomic E-state index is 0.472. The van der Waals surface area contributed by atoms with E-state index in [1.807, 2.05) is 23.6 Å². The van der Waals surface area contributed by atoms with E-state index in [-0.39, 0.29) is 0 Å². The average Bonchev–Trinajstić information content (AvgIpc) is 3.55. The Bertz CT molecular complexity index is 1150. The number of hydrogen-bond donors (Lipinski definition) is 0. The standard InChI is InChI=1S/C27H37N3O5/c1-17-25(29(14-19-6-7-19)15-20-8-10-34-11-9-20)27-30(28-17)26(18(2)35-27)24-22(32-4)12-21(16-31-3)13-23(24)33-5/h12-13,19-20H,6-11,14-16H2,1-5H3. The molecule has 1 aliphatic carbocycles. The Labute approximate surface area is 207 Å². The number of hydrogen-bond acceptors (Lipinski definition) is 7. The van der Waals surface area contributed by atoms with Crippen LogP contribution < -0.4 is 14.4 Å². The van der Waals surface area contributed by atoms with E-state index in [0.717, 1.165) is 84.7 Å². The predicted octanol–water partition coefficient (Wildman–Crippen LogP) is 5.02. The summed E-state index contributed by atoms with van der Waals surface area (Å²) in [6.07, 6.45) is 4.82. The lowest BCUT2D eigenvalue weighted by Gasteiger charge is -2.30. The summed E-state index contributed by atoms with van der Waals surface area (Å²) in [5.41, 5.74) is 5.53. The predicted molar refractivity (Wildman–Crippen MR) is 135 cm³/mol. The second-order valence-corrected chi connectivity index (χ2v) is 9.87. The van der Waals surface area contributed by atoms with Gasteiger partial charge < -0.3 is 28.3 Å². The van der Waals surface area contributed by atoms with Crippen molar-refractivity contribution in [2.45, 2.75) is 46.1 Å². The van der Waals surface area contributed by atoms with Crippen molar-refractivity contribution in [2.75, 3.05) is 52.5 Å². The number of aromatic nitrogens is 2. The molecule has 0 radical (unpaired) electrons. The van der Waals surface area contributed by atoms with Gasteiger partial charge in [-0.2, -0.15) is 9.61 Å². The minimum absolute atomic E-state index is 0.472. The zero-order chi connectivity index (χ0) is 24.5. The highest BCUT2D eigenvalue weighted by Gasteiger charge is 2.32. The molecule has 8 nitrogen and oxygen atoms in total. The summed E-state index contributed by atoms with van der Waals surface area (Å²) in [5.74, 6) is 3.57. The monoisotopic (exact) mass is 483 g/mol. The fourth-order valence-electron chi connectivity index (χ4n) is 5.29. The smallest absolute Gasteiger partial charge is 0.246 e. The SMILES string of the molecule is COCc1cc(OC)c(-c2c(C)oc3c(N(CC4CCOCC4)CC4CC4)c(C)nn23)c(OC)c1. The van der Waals surface area contributed by atoms with Gasteiger partial charge in [-0.15, -0.1) is 0 Å². The zero-order valence-corrected chi connectivity index (χ0v) is 21.6. The van der Waals surface area contributed by atoms with Gasteiger partial charge in [0.1, 0.15) is 28.6 Å². The quantitative estimate of drug-likeness (QED) is 0.401. The van der Waals surface area contributed by atoms with Gasteiger partial charge in [-0.05, 0) is 69.1 Å². The first-order chi connectivity index (χ1) is 17.0. The highest BCUT2D eigenvalue weighted by atomic mass is 16.5. The van der Waals surface area contributed by atoms with Crippen molar-refractivity contribution < 1.29 is 23.4 Å². The van der Waals surface area contributed by atoms with Gasteiger partial charge in [-0.3, -0.25) is 0 Å². The van der Waals surface area contributed by atoms with Crippen molar-refractivity contribution >= 4 is 11.4 Å². The van der Waals surface area contributed by atoms with Crippen LogP contribution >= 0.6 is 0 Å². The van der Waals surface area contributed by atoms with Crippen LogP contribution in [0.4, 0.5) is 5.69 Å². The van der Waals surface area contributed by atoms with E-state index in [2.05, 4.69) is 11.8 Å². The van der Waals surface area contributed by atoms with Gasteiger partial charge in [0, 0.05) is 33.4 Å². The van der Waals surface area contributed by atoms with Crippen LogP contribution in [0.2, 0.25) is 0 Å². The van der Waals surface area contributed by atoms with Gasteiger partial charge in [0.2, 0.25) is 5.71 Å². The van der Waals surface area contributed by atoms with E-state index in [1.54, 1.807) is 21.3 Å². The number of nitrogens with zero attached hydrogens (tertiary/aromatic N) is 3. The molecule has 2 aromatic heterocycles. The third-order valence-electron chi connectivity index (χ3n) is 7.21. The van der Waals surface area contributed by atoms with Crippen molar-refractivity contribution in [1.29, 1.82) is 0 Å². The Morgan fingerprint density at radius 2 is 1.60 bits per heavy atom. The molecule has 2 aliphatic rings. The van der Waals surface area contributed by atoms with Crippen molar-refractivity contribution in [2.24, 2.45) is 11.8 Å². The van der Waals surface area contributed by atoms with E-state index >= 15 is 0 Å². The second-order valence-electron chi connectivity index (χ2n) is 9.87. The molecule has 1 aromatic carbocycles. The lowest BCUT2D eigenvalue weighted by molar-refractivity contribution is 0.0681. The molecule has 3 aromatic rings. The van der Waals surface area contributed by atoms with Crippen LogP contribution in [0.15, 0.2) is 16.5 Å². The molecule has 1 aliphatic heterocycles. The number of anilines is 1. The number of rotatable bonds is 10. The number of fused-ring (bicyclic) bond motifs is 1. The highest BCUT2D eigenvalue weighted by molar-refractivity contribution is 5.81. The third-order valence-corrected chi connectivity index (χ3v) is 7.21. The van der Waals surface area contributed by atoms with Crippen LogP contribution in [0, 0.1) is 25.7 Å². The molecular weight excluding hydrogens is 446 g/mol. The Balaban J connectivity index is 1.60. The van der Waals surface area contributed by atoms with Gasteiger partial charge >= 0.3 is 0 Å². The van der Waals surface area contributed by atoms with Crippen LogP contribution in [-0.4, -0.2) is 57.2 Å². The Hall–Kier alpha value is -2.71. The van der Waals surface area contributed by atoms with Gasteiger partial charge in [0.15, 0.2) is 0 Å². The Morgan fingerprint density at radius 3 is 2.17 bits per heavy atom. The van der Waals surface area contributed by atoms with Gasteiger partial charge in [0.25, 0.3) is 0 Å². The van der Waals surface area contributed by atoms with E-state index in [1.165, 1.54) is 12.8 Å². The number of aryl methyl sites for hydroxylation is 2. The topological polar surface area (TPSA) is 70.6 Å². The molecule has 0 amide bonds. The van der Waals surface area contributed by atoms with E-state index in [4.69, 9.17) is 28.5 Å². The summed E-state index contributed by atoms with van der Waals surface area (Å²) in [6, 6.07) is 3.98. The maximum Gasteiger partial charge on any atom is 0.246 e. The number of ether oxygens (including phenoxy) is 4. The van der Waals surface area contributed by atoms with Crippen LogP contribution in [-0.2, 0) is 16.1 Å². The first-order valence-corrected chi connectivity index (χ1v) is 12.6. The summed E-state index contributed by atoms with van der Waals surface area (Å²) in [7, 11) is 5.03. The number of oxazole rings is 1. The summed E-state index contributed by atoms with van der Waals surface area (Å²) >= 11 is 0. The largest absolute Gasteiger partial charge is 0.496 e. The minimum Gasteiger partial charge on any atom is -0.496 e. The molecule has 3 heterocycles. The van der Waals surface area contributed by atoms with E-state index in [9.17, 15) is 0 Å². The fraction of sp³-hybridized carbons (Fsp3) is 0.593. The number of methoxy groups -OCH3 is 3. The molecule has 8 heteroatoms. The lowest BCUT2D eigenvalue weighted by Crippen LogP contribution is -2.34. The molecule has 0 atom stereocenters.